The number of hydrogen-bond donors (Lipinski definition) is 3. The molecule has 0 aliphatic rings. The van der Waals surface area contributed by atoms with Gasteiger partial charge >= 0.3 is 6.09 Å². The molecule has 2 amide bonds. The lowest BCUT2D eigenvalue weighted by Crippen LogP contribution is -2.42. The maximum atomic E-state index is 11.8. The van der Waals surface area contributed by atoms with Gasteiger partial charge in [0.25, 0.3) is 5.91 Å². The second-order valence-corrected chi connectivity index (χ2v) is 3.85. The Morgan fingerprint density at radius 3 is 2.50 bits per heavy atom. The zero-order chi connectivity index (χ0) is 13.7. The normalized spacial score (nSPS) is 9.72. The summed E-state index contributed by atoms with van der Waals surface area (Å²) >= 11 is 0. The summed E-state index contributed by atoms with van der Waals surface area (Å²) in [6.45, 7) is 5.57. The van der Waals surface area contributed by atoms with Crippen molar-refractivity contribution in [1.82, 2.24) is 10.9 Å². The SMILES string of the molecule is CCOC(=O)NNC(=O)c1c(C)cc(C)cc1N. The lowest BCUT2D eigenvalue weighted by atomic mass is 10.0. The first kappa shape index (κ1) is 13.8. The smallest absolute Gasteiger partial charge is 0.426 e. The van der Waals surface area contributed by atoms with Gasteiger partial charge in [0, 0.05) is 5.69 Å². The number of benzene rings is 1. The Bertz CT molecular complexity index is 449. The van der Waals surface area contributed by atoms with Crippen molar-refractivity contribution in [2.24, 2.45) is 0 Å². The van der Waals surface area contributed by atoms with Crippen LogP contribution in [0, 0.1) is 13.8 Å². The van der Waals surface area contributed by atoms with Gasteiger partial charge in [-0.25, -0.2) is 10.2 Å². The third-order valence-electron chi connectivity index (χ3n) is 2.29. The molecule has 0 atom stereocenters. The van der Waals surface area contributed by atoms with Gasteiger partial charge in [0.05, 0.1) is 12.2 Å². The third kappa shape index (κ3) is 3.38. The van der Waals surface area contributed by atoms with E-state index in [0.29, 0.717) is 11.3 Å². The second-order valence-electron chi connectivity index (χ2n) is 3.85. The Balaban J connectivity index is 2.76. The first-order valence-corrected chi connectivity index (χ1v) is 5.55. The fraction of sp³-hybridized carbons (Fsp3) is 0.333. The van der Waals surface area contributed by atoms with E-state index in [1.807, 2.05) is 13.0 Å². The number of carbonyl (C=O) groups is 2. The molecule has 0 spiro atoms. The molecule has 0 fully saturated rings. The van der Waals surface area contributed by atoms with Crippen molar-refractivity contribution in [3.8, 4) is 0 Å². The van der Waals surface area contributed by atoms with E-state index >= 15 is 0 Å². The summed E-state index contributed by atoms with van der Waals surface area (Å²) in [5.74, 6) is -0.474. The van der Waals surface area contributed by atoms with Crippen molar-refractivity contribution in [2.45, 2.75) is 20.8 Å². The van der Waals surface area contributed by atoms with E-state index in [2.05, 4.69) is 15.6 Å². The number of aryl methyl sites for hydroxylation is 2. The monoisotopic (exact) mass is 251 g/mol. The number of ether oxygens (including phenoxy) is 1. The summed E-state index contributed by atoms with van der Waals surface area (Å²) in [5, 5.41) is 0. The zero-order valence-electron chi connectivity index (χ0n) is 10.7. The molecule has 0 saturated carbocycles. The molecule has 0 aromatic heterocycles. The summed E-state index contributed by atoms with van der Waals surface area (Å²) in [4.78, 5) is 22.9. The molecule has 0 aliphatic heterocycles. The minimum absolute atomic E-state index is 0.230. The molecule has 6 heteroatoms. The Hall–Kier alpha value is -2.24. The number of amides is 2. The van der Waals surface area contributed by atoms with E-state index in [1.54, 1.807) is 19.9 Å². The zero-order valence-corrected chi connectivity index (χ0v) is 10.7. The number of hydrazine groups is 1. The molecule has 1 aromatic carbocycles. The van der Waals surface area contributed by atoms with Crippen molar-refractivity contribution in [1.29, 1.82) is 0 Å². The fourth-order valence-electron chi connectivity index (χ4n) is 1.65. The molecule has 18 heavy (non-hydrogen) atoms. The maximum absolute atomic E-state index is 11.8. The molecule has 6 nitrogen and oxygen atoms in total. The van der Waals surface area contributed by atoms with Crippen molar-refractivity contribution in [2.75, 3.05) is 12.3 Å². The van der Waals surface area contributed by atoms with Gasteiger partial charge in [0.15, 0.2) is 0 Å². The molecule has 0 heterocycles. The van der Waals surface area contributed by atoms with Crippen LogP contribution in [0.3, 0.4) is 0 Å². The highest BCUT2D eigenvalue weighted by Crippen LogP contribution is 2.18. The van der Waals surface area contributed by atoms with E-state index in [9.17, 15) is 9.59 Å². The van der Waals surface area contributed by atoms with Crippen molar-refractivity contribution < 1.29 is 14.3 Å². The minimum atomic E-state index is -0.714. The van der Waals surface area contributed by atoms with Crippen LogP contribution in [0.15, 0.2) is 12.1 Å². The van der Waals surface area contributed by atoms with Crippen LogP contribution in [-0.2, 0) is 4.74 Å². The number of rotatable bonds is 2. The molecule has 0 bridgehead atoms. The van der Waals surface area contributed by atoms with Gasteiger partial charge < -0.3 is 10.5 Å². The predicted octanol–water partition coefficient (Wildman–Crippen LogP) is 1.28. The first-order chi connectivity index (χ1) is 8.45. The molecular formula is C12H17N3O3. The van der Waals surface area contributed by atoms with E-state index in [1.165, 1.54) is 0 Å². The molecule has 0 unspecified atom stereocenters. The van der Waals surface area contributed by atoms with Gasteiger partial charge in [0.2, 0.25) is 0 Å². The number of carbonyl (C=O) groups excluding carboxylic acids is 2. The number of hydrogen-bond acceptors (Lipinski definition) is 4. The summed E-state index contributed by atoms with van der Waals surface area (Å²) in [6.07, 6.45) is -0.714. The van der Waals surface area contributed by atoms with Crippen molar-refractivity contribution in [3.05, 3.63) is 28.8 Å². The standard InChI is InChI=1S/C12H17N3O3/c1-4-18-12(17)15-14-11(16)10-8(3)5-7(2)6-9(10)13/h5-6H,4,13H2,1-3H3,(H,14,16)(H,15,17). The molecule has 4 N–H and O–H groups in total. The highest BCUT2D eigenvalue weighted by atomic mass is 16.5. The predicted molar refractivity (Wildman–Crippen MR) is 68.0 cm³/mol. The lowest BCUT2D eigenvalue weighted by molar-refractivity contribution is 0.0913. The van der Waals surface area contributed by atoms with Crippen LogP contribution in [0.4, 0.5) is 10.5 Å². The molecule has 0 saturated heterocycles. The van der Waals surface area contributed by atoms with E-state index in [-0.39, 0.29) is 6.61 Å². The molecular weight excluding hydrogens is 234 g/mol. The minimum Gasteiger partial charge on any atom is -0.449 e. The number of nitrogen functional groups attached to an aromatic ring is 1. The maximum Gasteiger partial charge on any atom is 0.426 e. The Kier molecular flexibility index (Phi) is 4.53. The van der Waals surface area contributed by atoms with Gasteiger partial charge in [-0.2, -0.15) is 0 Å². The van der Waals surface area contributed by atoms with Gasteiger partial charge in [-0.3, -0.25) is 10.2 Å². The van der Waals surface area contributed by atoms with Crippen LogP contribution in [0.25, 0.3) is 0 Å². The Labute approximate surface area is 105 Å². The van der Waals surface area contributed by atoms with Crippen molar-refractivity contribution >= 4 is 17.7 Å². The Morgan fingerprint density at radius 1 is 1.28 bits per heavy atom. The molecule has 1 rings (SSSR count). The fourth-order valence-corrected chi connectivity index (χ4v) is 1.65. The number of nitrogens with one attached hydrogen (secondary N) is 2. The average Bonchev–Trinajstić information content (AvgIpc) is 2.25. The first-order valence-electron chi connectivity index (χ1n) is 5.55. The molecule has 0 aliphatic carbocycles. The number of anilines is 1. The van der Waals surface area contributed by atoms with E-state index in [4.69, 9.17) is 5.73 Å². The van der Waals surface area contributed by atoms with Gasteiger partial charge in [-0.05, 0) is 38.0 Å². The molecule has 1 aromatic rings. The molecule has 0 radical (unpaired) electrons. The largest absolute Gasteiger partial charge is 0.449 e. The lowest BCUT2D eigenvalue weighted by Gasteiger charge is -2.11. The van der Waals surface area contributed by atoms with Gasteiger partial charge in [-0.15, -0.1) is 0 Å². The summed E-state index contributed by atoms with van der Waals surface area (Å²) in [6, 6.07) is 3.54. The third-order valence-corrected chi connectivity index (χ3v) is 2.29. The van der Waals surface area contributed by atoms with E-state index in [0.717, 1.165) is 11.1 Å². The topological polar surface area (TPSA) is 93.5 Å². The van der Waals surface area contributed by atoms with Crippen molar-refractivity contribution in [3.63, 3.8) is 0 Å². The quantitative estimate of drug-likeness (QED) is 0.545. The van der Waals surface area contributed by atoms with Gasteiger partial charge in [-0.1, -0.05) is 6.07 Å². The highest BCUT2D eigenvalue weighted by molar-refractivity contribution is 6.01. The van der Waals surface area contributed by atoms with Crippen LogP contribution >= 0.6 is 0 Å². The Morgan fingerprint density at radius 2 is 1.94 bits per heavy atom. The average molecular weight is 251 g/mol. The summed E-state index contributed by atoms with van der Waals surface area (Å²) < 4.78 is 4.61. The van der Waals surface area contributed by atoms with Crippen LogP contribution in [0.5, 0.6) is 0 Å². The van der Waals surface area contributed by atoms with Gasteiger partial charge in [0.1, 0.15) is 0 Å². The highest BCUT2D eigenvalue weighted by Gasteiger charge is 2.14. The second kappa shape index (κ2) is 5.90. The molecule has 98 valence electrons. The summed E-state index contributed by atoms with van der Waals surface area (Å²) in [7, 11) is 0. The van der Waals surface area contributed by atoms with Crippen LogP contribution in [0.1, 0.15) is 28.4 Å². The van der Waals surface area contributed by atoms with Crippen LogP contribution in [0.2, 0.25) is 0 Å². The number of nitrogens with two attached hydrogens (primary N) is 1. The van der Waals surface area contributed by atoms with Crippen LogP contribution in [-0.4, -0.2) is 18.6 Å². The van der Waals surface area contributed by atoms with E-state index < -0.39 is 12.0 Å². The van der Waals surface area contributed by atoms with Crippen LogP contribution < -0.4 is 16.6 Å². The summed E-state index contributed by atoms with van der Waals surface area (Å²) in [5.41, 5.74) is 12.6.